The minimum atomic E-state index is -0.769. The van der Waals surface area contributed by atoms with Crippen LogP contribution in [0, 0.1) is 11.6 Å². The van der Waals surface area contributed by atoms with E-state index < -0.39 is 11.6 Å². The Hall–Kier alpha value is -2.18. The molecule has 0 spiro atoms. The van der Waals surface area contributed by atoms with Crippen LogP contribution in [0.2, 0.25) is 0 Å². The molecule has 0 saturated heterocycles. The molecule has 1 aromatic carbocycles. The molecule has 2 rings (SSSR count). The lowest BCUT2D eigenvalue weighted by molar-refractivity contribution is 0.584. The van der Waals surface area contributed by atoms with Gasteiger partial charge in [0, 0.05) is 6.07 Å². The first-order valence-electron chi connectivity index (χ1n) is 4.01. The van der Waals surface area contributed by atoms with Crippen LogP contribution < -0.4 is 11.6 Å². The molecule has 0 aliphatic carbocycles. The predicted octanol–water partition coefficient (Wildman–Crippen LogP) is 0.519. The van der Waals surface area contributed by atoms with Gasteiger partial charge in [-0.05, 0) is 12.1 Å². The number of rotatable bonds is 1. The van der Waals surface area contributed by atoms with Crippen molar-refractivity contribution in [1.82, 2.24) is 14.9 Å². The molecule has 0 aliphatic heterocycles. The normalized spacial score (nSPS) is 10.5. The molecule has 0 unspecified atom stereocenters. The zero-order chi connectivity index (χ0) is 11.0. The molecule has 0 atom stereocenters. The minimum absolute atomic E-state index is 0.0445. The van der Waals surface area contributed by atoms with Gasteiger partial charge in [-0.25, -0.2) is 13.5 Å². The molecule has 1 heterocycles. The SMILES string of the molecule is Nc1nnc(-c2ccc(F)cc2F)n1N. The number of nitrogen functional groups attached to an aromatic ring is 2. The fourth-order valence-corrected chi connectivity index (χ4v) is 1.16. The van der Waals surface area contributed by atoms with E-state index >= 15 is 0 Å². The lowest BCUT2D eigenvalue weighted by atomic mass is 10.2. The van der Waals surface area contributed by atoms with Crippen molar-refractivity contribution in [2.24, 2.45) is 0 Å². The Morgan fingerprint density at radius 1 is 1.20 bits per heavy atom. The molecule has 0 saturated carbocycles. The molecule has 0 amide bonds. The van der Waals surface area contributed by atoms with Crippen molar-refractivity contribution < 1.29 is 8.78 Å². The van der Waals surface area contributed by atoms with Crippen LogP contribution in [0.4, 0.5) is 14.7 Å². The van der Waals surface area contributed by atoms with Gasteiger partial charge in [-0.15, -0.1) is 10.2 Å². The summed E-state index contributed by atoms with van der Waals surface area (Å²) in [7, 11) is 0. The lowest BCUT2D eigenvalue weighted by Gasteiger charge is -2.02. The molecule has 0 bridgehead atoms. The van der Waals surface area contributed by atoms with Crippen molar-refractivity contribution in [3.8, 4) is 11.4 Å². The van der Waals surface area contributed by atoms with Crippen molar-refractivity contribution in [3.05, 3.63) is 29.8 Å². The fourth-order valence-electron chi connectivity index (χ4n) is 1.16. The molecule has 15 heavy (non-hydrogen) atoms. The van der Waals surface area contributed by atoms with E-state index in [0.717, 1.165) is 16.8 Å². The second kappa shape index (κ2) is 3.19. The number of nitrogens with two attached hydrogens (primary N) is 2. The number of nitrogens with zero attached hydrogens (tertiary/aromatic N) is 3. The summed E-state index contributed by atoms with van der Waals surface area (Å²) < 4.78 is 26.9. The molecule has 0 aliphatic rings. The van der Waals surface area contributed by atoms with Crippen LogP contribution in [-0.2, 0) is 0 Å². The molecule has 7 heteroatoms. The van der Waals surface area contributed by atoms with Gasteiger partial charge in [-0.3, -0.25) is 0 Å². The highest BCUT2D eigenvalue weighted by molar-refractivity contribution is 5.57. The monoisotopic (exact) mass is 211 g/mol. The Morgan fingerprint density at radius 2 is 1.93 bits per heavy atom. The Balaban J connectivity index is 2.59. The Bertz CT molecular complexity index is 508. The molecule has 0 fully saturated rings. The number of anilines is 1. The van der Waals surface area contributed by atoms with Gasteiger partial charge in [-0.1, -0.05) is 0 Å². The van der Waals surface area contributed by atoms with Gasteiger partial charge in [0.15, 0.2) is 5.82 Å². The van der Waals surface area contributed by atoms with E-state index in [0.29, 0.717) is 0 Å². The van der Waals surface area contributed by atoms with Gasteiger partial charge >= 0.3 is 0 Å². The molecule has 5 nitrogen and oxygen atoms in total. The van der Waals surface area contributed by atoms with Crippen LogP contribution in [-0.4, -0.2) is 14.9 Å². The zero-order valence-electron chi connectivity index (χ0n) is 7.48. The molecular weight excluding hydrogens is 204 g/mol. The highest BCUT2D eigenvalue weighted by atomic mass is 19.1. The maximum absolute atomic E-state index is 13.3. The summed E-state index contributed by atoms with van der Waals surface area (Å²) in [4.78, 5) is 0. The number of benzene rings is 1. The molecule has 78 valence electrons. The number of aromatic nitrogens is 3. The lowest BCUT2D eigenvalue weighted by Crippen LogP contribution is -2.13. The smallest absolute Gasteiger partial charge is 0.241 e. The van der Waals surface area contributed by atoms with E-state index in [1.165, 1.54) is 6.07 Å². The van der Waals surface area contributed by atoms with E-state index in [1.807, 2.05) is 0 Å². The van der Waals surface area contributed by atoms with Crippen LogP contribution in [0.1, 0.15) is 0 Å². The van der Waals surface area contributed by atoms with Gasteiger partial charge in [0.25, 0.3) is 0 Å². The highest BCUT2D eigenvalue weighted by Crippen LogP contribution is 2.21. The summed E-state index contributed by atoms with van der Waals surface area (Å²) in [5, 5.41) is 7.04. The summed E-state index contributed by atoms with van der Waals surface area (Å²) in [6, 6.07) is 3.06. The van der Waals surface area contributed by atoms with Gasteiger partial charge < -0.3 is 11.6 Å². The summed E-state index contributed by atoms with van der Waals surface area (Å²) >= 11 is 0. The standard InChI is InChI=1S/C8H7F2N5/c9-4-1-2-5(6(10)3-4)7-13-14-8(11)15(7)12/h1-3H,12H2,(H2,11,14). The summed E-state index contributed by atoms with van der Waals surface area (Å²) in [6.45, 7) is 0. The van der Waals surface area contributed by atoms with Crippen LogP contribution >= 0.6 is 0 Å². The first kappa shape index (κ1) is 9.38. The van der Waals surface area contributed by atoms with Crippen molar-refractivity contribution in [2.75, 3.05) is 11.6 Å². The van der Waals surface area contributed by atoms with E-state index in [1.54, 1.807) is 0 Å². The third-order valence-electron chi connectivity index (χ3n) is 1.89. The minimum Gasteiger partial charge on any atom is -0.366 e. The Morgan fingerprint density at radius 3 is 2.47 bits per heavy atom. The summed E-state index contributed by atoms with van der Waals surface area (Å²) in [5.41, 5.74) is 5.37. The summed E-state index contributed by atoms with van der Waals surface area (Å²) in [6.07, 6.45) is 0. The van der Waals surface area contributed by atoms with E-state index in [9.17, 15) is 8.78 Å². The van der Waals surface area contributed by atoms with Crippen molar-refractivity contribution in [3.63, 3.8) is 0 Å². The largest absolute Gasteiger partial charge is 0.366 e. The first-order valence-corrected chi connectivity index (χ1v) is 4.01. The molecule has 4 N–H and O–H groups in total. The predicted molar refractivity (Wildman–Crippen MR) is 49.9 cm³/mol. The average Bonchev–Trinajstić information content (AvgIpc) is 2.49. The number of hydrogen-bond acceptors (Lipinski definition) is 4. The van der Waals surface area contributed by atoms with Crippen LogP contribution in [0.15, 0.2) is 18.2 Å². The van der Waals surface area contributed by atoms with Crippen LogP contribution in [0.3, 0.4) is 0 Å². The van der Waals surface area contributed by atoms with Crippen LogP contribution in [0.25, 0.3) is 11.4 Å². The third-order valence-corrected chi connectivity index (χ3v) is 1.89. The number of halogens is 2. The van der Waals surface area contributed by atoms with Crippen molar-refractivity contribution in [1.29, 1.82) is 0 Å². The van der Waals surface area contributed by atoms with E-state index in [2.05, 4.69) is 10.2 Å². The maximum atomic E-state index is 13.3. The van der Waals surface area contributed by atoms with Gasteiger partial charge in [0.2, 0.25) is 5.95 Å². The highest BCUT2D eigenvalue weighted by Gasteiger charge is 2.13. The van der Waals surface area contributed by atoms with Gasteiger partial charge in [0.1, 0.15) is 11.6 Å². The topological polar surface area (TPSA) is 82.8 Å². The molecule has 1 aromatic heterocycles. The van der Waals surface area contributed by atoms with E-state index in [-0.39, 0.29) is 17.3 Å². The van der Waals surface area contributed by atoms with Crippen LogP contribution in [0.5, 0.6) is 0 Å². The Labute approximate surface area is 83.3 Å². The second-order valence-corrected chi connectivity index (χ2v) is 2.88. The summed E-state index contributed by atoms with van der Waals surface area (Å²) in [5.74, 6) is 4.00. The molecular formula is C8H7F2N5. The molecule has 0 radical (unpaired) electrons. The molecule has 2 aromatic rings. The van der Waals surface area contributed by atoms with Crippen molar-refractivity contribution >= 4 is 5.95 Å². The third kappa shape index (κ3) is 1.47. The second-order valence-electron chi connectivity index (χ2n) is 2.88. The van der Waals surface area contributed by atoms with E-state index in [4.69, 9.17) is 11.6 Å². The Kier molecular flexibility index (Phi) is 2.00. The van der Waals surface area contributed by atoms with Gasteiger partial charge in [0.05, 0.1) is 5.56 Å². The first-order chi connectivity index (χ1) is 7.09. The fraction of sp³-hybridized carbons (Fsp3) is 0. The van der Waals surface area contributed by atoms with Gasteiger partial charge in [-0.2, -0.15) is 0 Å². The number of hydrogen-bond donors (Lipinski definition) is 2. The quantitative estimate of drug-likeness (QED) is 0.673. The zero-order valence-corrected chi connectivity index (χ0v) is 7.48. The average molecular weight is 211 g/mol. The van der Waals surface area contributed by atoms with Crippen molar-refractivity contribution in [2.45, 2.75) is 0 Å². The maximum Gasteiger partial charge on any atom is 0.241 e.